The highest BCUT2D eigenvalue weighted by atomic mass is 79.9. The number of benzene rings is 2. The lowest BCUT2D eigenvalue weighted by Gasteiger charge is -2.19. The van der Waals surface area contributed by atoms with E-state index in [0.29, 0.717) is 16.5 Å². The van der Waals surface area contributed by atoms with Gasteiger partial charge in [-0.15, -0.1) is 0 Å². The molecule has 0 radical (unpaired) electrons. The minimum absolute atomic E-state index is 0.189. The molecule has 0 aliphatic carbocycles. The molecule has 0 fully saturated rings. The summed E-state index contributed by atoms with van der Waals surface area (Å²) in [6.07, 6.45) is 0.522. The van der Waals surface area contributed by atoms with E-state index in [0.717, 1.165) is 15.6 Å². The summed E-state index contributed by atoms with van der Waals surface area (Å²) in [7, 11) is 0. The molecule has 1 atom stereocenters. The first-order valence-electron chi connectivity index (χ1n) is 5.86. The van der Waals surface area contributed by atoms with Gasteiger partial charge in [0.1, 0.15) is 5.82 Å². The Bertz CT molecular complexity index is 622. The van der Waals surface area contributed by atoms with Crippen molar-refractivity contribution in [2.75, 3.05) is 0 Å². The van der Waals surface area contributed by atoms with Gasteiger partial charge in [0.2, 0.25) is 0 Å². The SMILES string of the molecule is NNC(Cc1ccc(F)cc1Cl)c1cc(Cl)ccc1Br. The van der Waals surface area contributed by atoms with E-state index in [2.05, 4.69) is 21.4 Å². The van der Waals surface area contributed by atoms with E-state index in [9.17, 15) is 4.39 Å². The van der Waals surface area contributed by atoms with Gasteiger partial charge in [-0.2, -0.15) is 0 Å². The predicted octanol–water partition coefficient (Wildman–Crippen LogP) is 4.64. The van der Waals surface area contributed by atoms with Crippen molar-refractivity contribution in [3.05, 3.63) is 67.9 Å². The first-order valence-corrected chi connectivity index (χ1v) is 7.41. The predicted molar refractivity (Wildman–Crippen MR) is 84.3 cm³/mol. The first-order chi connectivity index (χ1) is 9.51. The molecule has 1 unspecified atom stereocenters. The highest BCUT2D eigenvalue weighted by Gasteiger charge is 2.16. The van der Waals surface area contributed by atoms with Gasteiger partial charge in [-0.05, 0) is 47.9 Å². The normalized spacial score (nSPS) is 12.4. The Morgan fingerprint density at radius 2 is 1.95 bits per heavy atom. The second kappa shape index (κ2) is 6.87. The molecule has 2 aromatic carbocycles. The van der Waals surface area contributed by atoms with Crippen molar-refractivity contribution < 1.29 is 4.39 Å². The molecule has 0 heterocycles. The smallest absolute Gasteiger partial charge is 0.124 e. The van der Waals surface area contributed by atoms with E-state index in [1.165, 1.54) is 12.1 Å². The third kappa shape index (κ3) is 3.71. The third-order valence-electron chi connectivity index (χ3n) is 2.97. The van der Waals surface area contributed by atoms with Crippen LogP contribution < -0.4 is 11.3 Å². The molecule has 106 valence electrons. The summed E-state index contributed by atoms with van der Waals surface area (Å²) in [5, 5.41) is 0.997. The second-order valence-corrected chi connectivity index (χ2v) is 6.02. The topological polar surface area (TPSA) is 38.0 Å². The Kier molecular flexibility index (Phi) is 5.41. The monoisotopic (exact) mass is 376 g/mol. The van der Waals surface area contributed by atoms with Gasteiger partial charge < -0.3 is 0 Å². The van der Waals surface area contributed by atoms with Gasteiger partial charge in [-0.1, -0.05) is 45.2 Å². The van der Waals surface area contributed by atoms with Crippen molar-refractivity contribution in [2.45, 2.75) is 12.5 Å². The van der Waals surface area contributed by atoms with Crippen LogP contribution in [0.5, 0.6) is 0 Å². The molecular weight excluding hydrogens is 366 g/mol. The van der Waals surface area contributed by atoms with Crippen molar-refractivity contribution in [3.63, 3.8) is 0 Å². The van der Waals surface area contributed by atoms with Crippen LogP contribution in [0.15, 0.2) is 40.9 Å². The van der Waals surface area contributed by atoms with Crippen LogP contribution in [-0.4, -0.2) is 0 Å². The van der Waals surface area contributed by atoms with E-state index < -0.39 is 0 Å². The van der Waals surface area contributed by atoms with Gasteiger partial charge in [-0.3, -0.25) is 11.3 Å². The van der Waals surface area contributed by atoms with Gasteiger partial charge in [-0.25, -0.2) is 4.39 Å². The highest BCUT2D eigenvalue weighted by Crippen LogP contribution is 2.30. The Labute approximate surface area is 135 Å². The second-order valence-electron chi connectivity index (χ2n) is 4.32. The molecule has 0 aliphatic rings. The van der Waals surface area contributed by atoms with E-state index in [4.69, 9.17) is 29.0 Å². The van der Waals surface area contributed by atoms with Gasteiger partial charge in [0.15, 0.2) is 0 Å². The molecule has 20 heavy (non-hydrogen) atoms. The summed E-state index contributed by atoms with van der Waals surface area (Å²) >= 11 is 15.5. The van der Waals surface area contributed by atoms with Crippen LogP contribution in [0.2, 0.25) is 10.0 Å². The molecule has 0 aliphatic heterocycles. The molecule has 0 amide bonds. The summed E-state index contributed by atoms with van der Waals surface area (Å²) in [6.45, 7) is 0. The van der Waals surface area contributed by atoms with Crippen LogP contribution in [0.4, 0.5) is 4.39 Å². The van der Waals surface area contributed by atoms with Gasteiger partial charge >= 0.3 is 0 Å². The molecule has 2 rings (SSSR count). The molecule has 2 aromatic rings. The van der Waals surface area contributed by atoms with E-state index in [1.54, 1.807) is 12.1 Å². The fourth-order valence-corrected chi connectivity index (χ4v) is 2.90. The number of rotatable bonds is 4. The van der Waals surface area contributed by atoms with Crippen molar-refractivity contribution in [1.82, 2.24) is 5.43 Å². The number of nitrogens with one attached hydrogen (secondary N) is 1. The average Bonchev–Trinajstić information content (AvgIpc) is 2.41. The lowest BCUT2D eigenvalue weighted by molar-refractivity contribution is 0.549. The quantitative estimate of drug-likeness (QED) is 0.601. The Morgan fingerprint density at radius 3 is 2.60 bits per heavy atom. The maximum Gasteiger partial charge on any atom is 0.124 e. The maximum absolute atomic E-state index is 13.1. The van der Waals surface area contributed by atoms with E-state index >= 15 is 0 Å². The number of hydrogen-bond donors (Lipinski definition) is 2. The van der Waals surface area contributed by atoms with Crippen LogP contribution in [-0.2, 0) is 6.42 Å². The van der Waals surface area contributed by atoms with Crippen molar-refractivity contribution in [1.29, 1.82) is 0 Å². The Hall–Kier alpha value is -0.650. The lowest BCUT2D eigenvalue weighted by Crippen LogP contribution is -2.30. The van der Waals surface area contributed by atoms with Crippen molar-refractivity contribution >= 4 is 39.1 Å². The van der Waals surface area contributed by atoms with Crippen LogP contribution in [0.3, 0.4) is 0 Å². The van der Waals surface area contributed by atoms with Crippen molar-refractivity contribution in [2.24, 2.45) is 5.84 Å². The molecule has 0 saturated carbocycles. The molecular formula is C14H12BrCl2FN2. The molecule has 0 bridgehead atoms. The summed E-state index contributed by atoms with van der Waals surface area (Å²) in [5.74, 6) is 5.26. The van der Waals surface area contributed by atoms with Crippen LogP contribution in [0.25, 0.3) is 0 Å². The molecule has 0 saturated heterocycles. The van der Waals surface area contributed by atoms with Gasteiger partial charge in [0.05, 0.1) is 6.04 Å². The number of hydrogen-bond acceptors (Lipinski definition) is 2. The summed E-state index contributed by atoms with van der Waals surface area (Å²) < 4.78 is 13.9. The summed E-state index contributed by atoms with van der Waals surface area (Å²) in [6, 6.07) is 9.60. The molecule has 6 heteroatoms. The van der Waals surface area contributed by atoms with Crippen LogP contribution in [0.1, 0.15) is 17.2 Å². The highest BCUT2D eigenvalue weighted by molar-refractivity contribution is 9.10. The molecule has 3 N–H and O–H groups in total. The fourth-order valence-electron chi connectivity index (χ4n) is 1.95. The van der Waals surface area contributed by atoms with Crippen molar-refractivity contribution in [3.8, 4) is 0 Å². The number of hydrazine groups is 1. The van der Waals surface area contributed by atoms with Gasteiger partial charge in [0, 0.05) is 14.5 Å². The fraction of sp³-hybridized carbons (Fsp3) is 0.143. The largest absolute Gasteiger partial charge is 0.271 e. The minimum Gasteiger partial charge on any atom is -0.271 e. The minimum atomic E-state index is -0.361. The zero-order chi connectivity index (χ0) is 14.7. The van der Waals surface area contributed by atoms with E-state index in [-0.39, 0.29) is 11.9 Å². The summed E-state index contributed by atoms with van der Waals surface area (Å²) in [4.78, 5) is 0. The zero-order valence-corrected chi connectivity index (χ0v) is 13.4. The number of halogens is 4. The number of nitrogens with two attached hydrogens (primary N) is 1. The standard InChI is InChI=1S/C14H12BrCl2FN2/c15-12-4-2-9(16)6-11(12)14(20-19)5-8-1-3-10(18)7-13(8)17/h1-4,6-7,14,20H,5,19H2. The third-order valence-corrected chi connectivity index (χ3v) is 4.28. The molecule has 0 spiro atoms. The average molecular weight is 378 g/mol. The maximum atomic E-state index is 13.1. The van der Waals surface area contributed by atoms with Gasteiger partial charge in [0.25, 0.3) is 0 Å². The lowest BCUT2D eigenvalue weighted by atomic mass is 9.99. The van der Waals surface area contributed by atoms with Crippen LogP contribution in [0, 0.1) is 5.82 Å². The molecule has 0 aromatic heterocycles. The zero-order valence-electron chi connectivity index (χ0n) is 10.3. The van der Waals surface area contributed by atoms with Crippen LogP contribution >= 0.6 is 39.1 Å². The molecule has 2 nitrogen and oxygen atoms in total. The summed E-state index contributed by atoms with van der Waals surface area (Å²) in [5.41, 5.74) is 4.46. The van der Waals surface area contributed by atoms with E-state index in [1.807, 2.05) is 12.1 Å². The Morgan fingerprint density at radius 1 is 1.20 bits per heavy atom. The Balaban J connectivity index is 2.31. The first kappa shape index (κ1) is 15.7.